The van der Waals surface area contributed by atoms with Crippen molar-refractivity contribution in [2.24, 2.45) is 40.9 Å². The van der Waals surface area contributed by atoms with E-state index in [2.05, 4.69) is 38.2 Å². The first-order valence-corrected chi connectivity index (χ1v) is 18.3. The van der Waals surface area contributed by atoms with E-state index in [1.165, 1.54) is 51.4 Å². The Morgan fingerprint density at radius 3 is 1.60 bits per heavy atom. The van der Waals surface area contributed by atoms with Gasteiger partial charge < -0.3 is 14.9 Å². The SMILES string of the molecule is CC.CC.CC(C)(C1CCCC1)C1C2C=CC=CC2C2CCCCC21.[CH3-].[CH3-].[Cl][Zr+2][Cl]. The van der Waals surface area contributed by atoms with Crippen molar-refractivity contribution < 1.29 is 20.8 Å². The Morgan fingerprint density at radius 1 is 0.700 bits per heavy atom. The molecule has 3 heteroatoms. The Morgan fingerprint density at radius 2 is 1.10 bits per heavy atom. The predicted molar refractivity (Wildman–Crippen MR) is 137 cm³/mol. The third-order valence-corrected chi connectivity index (χ3v) is 7.73. The quantitative estimate of drug-likeness (QED) is 0.308. The van der Waals surface area contributed by atoms with Crippen molar-refractivity contribution in [2.75, 3.05) is 0 Å². The first-order chi connectivity index (χ1) is 13.6. The summed E-state index contributed by atoms with van der Waals surface area (Å²) in [6, 6.07) is 0. The summed E-state index contributed by atoms with van der Waals surface area (Å²) in [5, 5.41) is 0. The Bertz CT molecular complexity index is 465. The van der Waals surface area contributed by atoms with Gasteiger partial charge in [-0.3, -0.25) is 0 Å². The molecular formula is C27H50Cl2Zr. The molecule has 0 aliphatic heterocycles. The van der Waals surface area contributed by atoms with Crippen LogP contribution >= 0.6 is 17.0 Å². The summed E-state index contributed by atoms with van der Waals surface area (Å²) in [6.07, 6.45) is 21.8. The van der Waals surface area contributed by atoms with E-state index in [4.69, 9.17) is 17.0 Å². The molecular weight excluding hydrogens is 486 g/mol. The van der Waals surface area contributed by atoms with E-state index >= 15 is 0 Å². The Hall–Kier alpha value is 0.943. The van der Waals surface area contributed by atoms with Crippen LogP contribution in [0.25, 0.3) is 0 Å². The maximum atomic E-state index is 4.93. The van der Waals surface area contributed by atoms with Crippen LogP contribution in [0, 0.1) is 55.8 Å². The standard InChI is InChI=1S/C21H32.2C2H6.2CH3.2ClH.Zr/c1-21(2,15-9-3-4-10-15)20-18-13-7-5-11-16(18)17-12-6-8-14-19(17)20;2*1-2;;;;;/h5,7,11,13,15-20H,3-4,6,8-10,12,14H2,1-2H3;2*1-2H3;2*1H3;2*1H;/q;;;2*-1;;;+4/p-2. The van der Waals surface area contributed by atoms with E-state index in [-0.39, 0.29) is 14.9 Å². The van der Waals surface area contributed by atoms with Crippen molar-refractivity contribution in [3.8, 4) is 0 Å². The predicted octanol–water partition coefficient (Wildman–Crippen LogP) is 10.3. The topological polar surface area (TPSA) is 0 Å². The zero-order valence-electron chi connectivity index (χ0n) is 21.2. The molecule has 0 aromatic heterocycles. The van der Waals surface area contributed by atoms with Gasteiger partial charge in [0.25, 0.3) is 0 Å². The summed E-state index contributed by atoms with van der Waals surface area (Å²) in [5.74, 6) is 5.65. The van der Waals surface area contributed by atoms with Crippen molar-refractivity contribution in [3.05, 3.63) is 39.2 Å². The van der Waals surface area contributed by atoms with Crippen molar-refractivity contribution in [1.29, 1.82) is 0 Å². The van der Waals surface area contributed by atoms with E-state index in [0.29, 0.717) is 5.41 Å². The number of allylic oxidation sites excluding steroid dienone is 4. The number of halogens is 2. The molecule has 0 amide bonds. The fourth-order valence-electron chi connectivity index (χ4n) is 6.82. The molecule has 0 spiro atoms. The second-order valence-corrected chi connectivity index (χ2v) is 12.7. The van der Waals surface area contributed by atoms with Crippen molar-refractivity contribution in [3.63, 3.8) is 0 Å². The fraction of sp³-hybridized carbons (Fsp3) is 0.778. The number of hydrogen-bond donors (Lipinski definition) is 0. The number of fused-ring (bicyclic) bond motifs is 3. The molecule has 4 rings (SSSR count). The van der Waals surface area contributed by atoms with Crippen molar-refractivity contribution in [1.82, 2.24) is 0 Å². The van der Waals surface area contributed by atoms with E-state index in [9.17, 15) is 0 Å². The molecule has 4 aliphatic carbocycles. The third kappa shape index (κ3) is 7.77. The van der Waals surface area contributed by atoms with Crippen LogP contribution in [0.3, 0.4) is 0 Å². The van der Waals surface area contributed by atoms with Gasteiger partial charge in [-0.1, -0.05) is 91.5 Å². The Labute approximate surface area is 209 Å². The molecule has 0 N–H and O–H groups in total. The van der Waals surface area contributed by atoms with Gasteiger partial charge >= 0.3 is 37.9 Å². The van der Waals surface area contributed by atoms with Gasteiger partial charge in [0.1, 0.15) is 0 Å². The van der Waals surface area contributed by atoms with Gasteiger partial charge in [0.15, 0.2) is 0 Å². The molecule has 0 saturated heterocycles. The van der Waals surface area contributed by atoms with Crippen molar-refractivity contribution in [2.45, 2.75) is 92.9 Å². The maximum absolute atomic E-state index is 4.93. The summed E-state index contributed by atoms with van der Waals surface area (Å²) < 4.78 is 0. The molecule has 5 unspecified atom stereocenters. The molecule has 0 aromatic carbocycles. The van der Waals surface area contributed by atoms with E-state index in [1.807, 2.05) is 27.7 Å². The van der Waals surface area contributed by atoms with Gasteiger partial charge in [-0.2, -0.15) is 0 Å². The monoisotopic (exact) mass is 534 g/mol. The van der Waals surface area contributed by atoms with Gasteiger partial charge in [0, 0.05) is 0 Å². The van der Waals surface area contributed by atoms with Gasteiger partial charge in [-0.05, 0) is 66.6 Å². The fourth-order valence-corrected chi connectivity index (χ4v) is 6.82. The van der Waals surface area contributed by atoms with Crippen LogP contribution in [0.4, 0.5) is 0 Å². The Balaban J connectivity index is 0. The van der Waals surface area contributed by atoms with Gasteiger partial charge in [0.05, 0.1) is 0 Å². The van der Waals surface area contributed by atoms with Crippen LogP contribution in [-0.2, 0) is 20.8 Å². The molecule has 3 saturated carbocycles. The average molecular weight is 537 g/mol. The van der Waals surface area contributed by atoms with Crippen LogP contribution in [0.1, 0.15) is 92.9 Å². The number of hydrogen-bond acceptors (Lipinski definition) is 0. The summed E-state index contributed by atoms with van der Waals surface area (Å²) in [5.41, 5.74) is 0.547. The Kier molecular flexibility index (Phi) is 19.2. The zero-order valence-corrected chi connectivity index (χ0v) is 25.2. The van der Waals surface area contributed by atoms with Crippen LogP contribution in [0.2, 0.25) is 0 Å². The number of rotatable bonds is 2. The summed E-state index contributed by atoms with van der Waals surface area (Å²) in [7, 11) is 9.87. The second-order valence-electron chi connectivity index (χ2n) is 8.94. The molecule has 5 atom stereocenters. The minimum absolute atomic E-state index is 0. The molecule has 0 bridgehead atoms. The van der Waals surface area contributed by atoms with Crippen LogP contribution < -0.4 is 0 Å². The zero-order chi connectivity index (χ0) is 21.2. The molecule has 3 fully saturated rings. The third-order valence-electron chi connectivity index (χ3n) is 7.73. The molecule has 30 heavy (non-hydrogen) atoms. The van der Waals surface area contributed by atoms with Crippen LogP contribution in [0.5, 0.6) is 0 Å². The van der Waals surface area contributed by atoms with E-state index in [1.54, 1.807) is 0 Å². The molecule has 0 aromatic rings. The minimum atomic E-state index is -0.826. The summed E-state index contributed by atoms with van der Waals surface area (Å²) in [4.78, 5) is 0. The van der Waals surface area contributed by atoms with Gasteiger partial charge in [-0.25, -0.2) is 0 Å². The molecule has 0 radical (unpaired) electrons. The summed E-state index contributed by atoms with van der Waals surface area (Å²) in [6.45, 7) is 13.3. The first kappa shape index (κ1) is 33.1. The van der Waals surface area contributed by atoms with E-state index in [0.717, 1.165) is 35.5 Å². The average Bonchev–Trinajstić information content (AvgIpc) is 3.39. The molecule has 4 aliphatic rings. The van der Waals surface area contributed by atoms with Gasteiger partial charge in [-0.15, -0.1) is 0 Å². The van der Waals surface area contributed by atoms with Crippen molar-refractivity contribution >= 4 is 17.0 Å². The molecule has 0 heterocycles. The van der Waals surface area contributed by atoms with E-state index < -0.39 is 20.8 Å². The normalized spacial score (nSPS) is 30.9. The van der Waals surface area contributed by atoms with Gasteiger partial charge in [0.2, 0.25) is 0 Å². The molecule has 0 nitrogen and oxygen atoms in total. The summed E-state index contributed by atoms with van der Waals surface area (Å²) >= 11 is -0.826. The van der Waals surface area contributed by atoms with Crippen LogP contribution in [0.15, 0.2) is 24.3 Å². The second kappa shape index (κ2) is 17.4. The van der Waals surface area contributed by atoms with Crippen LogP contribution in [-0.4, -0.2) is 0 Å². The molecule has 176 valence electrons. The first-order valence-electron chi connectivity index (χ1n) is 11.9.